The third kappa shape index (κ3) is 6.85. The number of likely N-dealkylation sites (N-methyl/N-ethyl adjacent to an activating group) is 1. The Morgan fingerprint density at radius 2 is 1.95 bits per heavy atom. The fourth-order valence-corrected chi connectivity index (χ4v) is 2.50. The highest BCUT2D eigenvalue weighted by molar-refractivity contribution is 8.00. The van der Waals surface area contributed by atoms with Gasteiger partial charge in [0.1, 0.15) is 0 Å². The fourth-order valence-electron chi connectivity index (χ4n) is 1.55. The van der Waals surface area contributed by atoms with E-state index in [-0.39, 0.29) is 18.3 Å². The third-order valence-corrected chi connectivity index (χ3v) is 3.41. The molecule has 0 bridgehead atoms. The molecule has 0 heterocycles. The molecule has 1 aromatic carbocycles. The van der Waals surface area contributed by atoms with E-state index in [2.05, 4.69) is 31.4 Å². The molecule has 0 fully saturated rings. The van der Waals surface area contributed by atoms with E-state index in [1.54, 1.807) is 11.8 Å². The van der Waals surface area contributed by atoms with Crippen LogP contribution in [-0.4, -0.2) is 30.8 Å². The summed E-state index contributed by atoms with van der Waals surface area (Å²) in [4.78, 5) is 13.1. The van der Waals surface area contributed by atoms with Crippen LogP contribution in [-0.2, 0) is 0 Å². The minimum absolute atomic E-state index is 0. The number of thioether (sulfide) groups is 1. The molecule has 1 aromatic rings. The molecule has 5 heteroatoms. The lowest BCUT2D eigenvalue weighted by molar-refractivity contribution is 0.0951. The van der Waals surface area contributed by atoms with Crippen molar-refractivity contribution in [2.24, 2.45) is 0 Å². The number of hydrogen-bond donors (Lipinski definition) is 2. The predicted octanol–water partition coefficient (Wildman–Crippen LogP) is 2.95. The molecule has 0 aliphatic heterocycles. The summed E-state index contributed by atoms with van der Waals surface area (Å²) in [6.45, 7) is 8.70. The second-order valence-electron chi connectivity index (χ2n) is 4.27. The first-order chi connectivity index (χ1) is 8.65. The highest BCUT2D eigenvalue weighted by Gasteiger charge is 2.11. The van der Waals surface area contributed by atoms with Gasteiger partial charge in [-0.15, -0.1) is 24.2 Å². The Morgan fingerprint density at radius 1 is 1.26 bits per heavy atom. The summed E-state index contributed by atoms with van der Waals surface area (Å²) in [5.41, 5.74) is 0.771. The van der Waals surface area contributed by atoms with E-state index in [1.165, 1.54) is 0 Å². The van der Waals surface area contributed by atoms with Gasteiger partial charge in [0.15, 0.2) is 0 Å². The van der Waals surface area contributed by atoms with Gasteiger partial charge in [-0.2, -0.15) is 0 Å². The largest absolute Gasteiger partial charge is 0.351 e. The molecule has 2 N–H and O–H groups in total. The lowest BCUT2D eigenvalue weighted by atomic mass is 10.2. The van der Waals surface area contributed by atoms with Crippen molar-refractivity contribution in [3.63, 3.8) is 0 Å². The summed E-state index contributed by atoms with van der Waals surface area (Å²) in [7, 11) is 0. The van der Waals surface area contributed by atoms with Gasteiger partial charge < -0.3 is 10.6 Å². The fraction of sp³-hybridized carbons (Fsp3) is 0.500. The van der Waals surface area contributed by atoms with E-state index >= 15 is 0 Å². The van der Waals surface area contributed by atoms with Crippen molar-refractivity contribution >= 4 is 30.1 Å². The van der Waals surface area contributed by atoms with Crippen LogP contribution in [0.25, 0.3) is 0 Å². The third-order valence-electron chi connectivity index (χ3n) is 2.33. The number of benzene rings is 1. The average Bonchev–Trinajstić information content (AvgIpc) is 2.34. The summed E-state index contributed by atoms with van der Waals surface area (Å²) in [6, 6.07) is 7.76. The smallest absolute Gasteiger partial charge is 0.252 e. The first-order valence-corrected chi connectivity index (χ1v) is 7.27. The minimum atomic E-state index is 0. The first kappa shape index (κ1) is 18.3. The number of hydrogen-bond acceptors (Lipinski definition) is 3. The number of carbonyl (C=O) groups is 1. The van der Waals surface area contributed by atoms with Crippen molar-refractivity contribution in [2.75, 3.05) is 19.6 Å². The van der Waals surface area contributed by atoms with Crippen molar-refractivity contribution in [3.8, 4) is 0 Å². The summed E-state index contributed by atoms with van der Waals surface area (Å²) >= 11 is 1.72. The maximum absolute atomic E-state index is 12.1. The van der Waals surface area contributed by atoms with E-state index in [0.29, 0.717) is 11.8 Å². The van der Waals surface area contributed by atoms with Crippen LogP contribution in [0, 0.1) is 0 Å². The molecule has 108 valence electrons. The molecule has 0 aromatic heterocycles. The Morgan fingerprint density at radius 3 is 2.58 bits per heavy atom. The van der Waals surface area contributed by atoms with Gasteiger partial charge in [0.25, 0.3) is 5.91 Å². The second-order valence-corrected chi connectivity index (χ2v) is 5.89. The number of amides is 1. The summed E-state index contributed by atoms with van der Waals surface area (Å²) in [5, 5.41) is 6.59. The molecule has 0 unspecified atom stereocenters. The van der Waals surface area contributed by atoms with Crippen molar-refractivity contribution in [2.45, 2.75) is 30.9 Å². The van der Waals surface area contributed by atoms with Crippen LogP contribution < -0.4 is 10.6 Å². The van der Waals surface area contributed by atoms with Crippen LogP contribution in [0.1, 0.15) is 31.1 Å². The highest BCUT2D eigenvalue weighted by atomic mass is 35.5. The second kappa shape index (κ2) is 10.1. The average molecular weight is 303 g/mol. The Balaban J connectivity index is 0.00000324. The van der Waals surface area contributed by atoms with E-state index in [4.69, 9.17) is 0 Å². The SMILES string of the molecule is CCNCCNC(=O)c1ccccc1SC(C)C.Cl. The molecule has 0 saturated heterocycles. The number of carbonyl (C=O) groups excluding carboxylic acids is 1. The van der Waals surface area contributed by atoms with Crippen LogP contribution in [0.15, 0.2) is 29.2 Å². The van der Waals surface area contributed by atoms with Crippen molar-refractivity contribution in [3.05, 3.63) is 29.8 Å². The molecular weight excluding hydrogens is 280 g/mol. The summed E-state index contributed by atoms with van der Waals surface area (Å²) in [6.07, 6.45) is 0. The van der Waals surface area contributed by atoms with Gasteiger partial charge in [-0.05, 0) is 18.7 Å². The molecule has 0 radical (unpaired) electrons. The zero-order chi connectivity index (χ0) is 13.4. The maximum atomic E-state index is 12.1. The maximum Gasteiger partial charge on any atom is 0.252 e. The van der Waals surface area contributed by atoms with Crippen LogP contribution in [0.3, 0.4) is 0 Å². The zero-order valence-electron chi connectivity index (χ0n) is 11.7. The molecule has 1 amide bonds. The van der Waals surface area contributed by atoms with Crippen molar-refractivity contribution in [1.82, 2.24) is 10.6 Å². The van der Waals surface area contributed by atoms with Crippen molar-refractivity contribution < 1.29 is 4.79 Å². The Labute approximate surface area is 126 Å². The minimum Gasteiger partial charge on any atom is -0.351 e. The summed E-state index contributed by atoms with van der Waals surface area (Å²) < 4.78 is 0. The molecule has 0 saturated carbocycles. The van der Waals surface area contributed by atoms with E-state index in [1.807, 2.05) is 24.3 Å². The Hall–Kier alpha value is -0.710. The quantitative estimate of drug-likeness (QED) is 0.601. The van der Waals surface area contributed by atoms with Gasteiger partial charge in [0, 0.05) is 23.2 Å². The zero-order valence-corrected chi connectivity index (χ0v) is 13.4. The molecule has 0 aliphatic carbocycles. The molecule has 0 atom stereocenters. The molecular formula is C14H23ClN2OS. The van der Waals surface area contributed by atoms with E-state index in [9.17, 15) is 4.79 Å². The molecule has 3 nitrogen and oxygen atoms in total. The molecule has 1 rings (SSSR count). The van der Waals surface area contributed by atoms with E-state index < -0.39 is 0 Å². The van der Waals surface area contributed by atoms with Crippen molar-refractivity contribution in [1.29, 1.82) is 0 Å². The first-order valence-electron chi connectivity index (χ1n) is 6.39. The van der Waals surface area contributed by atoms with Crippen LogP contribution in [0.4, 0.5) is 0 Å². The normalized spacial score (nSPS) is 10.1. The lowest BCUT2D eigenvalue weighted by Crippen LogP contribution is -2.32. The van der Waals surface area contributed by atoms with Gasteiger partial charge in [-0.1, -0.05) is 32.9 Å². The van der Waals surface area contributed by atoms with Gasteiger partial charge in [0.05, 0.1) is 5.56 Å². The van der Waals surface area contributed by atoms with E-state index in [0.717, 1.165) is 23.5 Å². The molecule has 0 spiro atoms. The summed E-state index contributed by atoms with van der Waals surface area (Å²) in [5.74, 6) is 0.0108. The van der Waals surface area contributed by atoms with Gasteiger partial charge in [0.2, 0.25) is 0 Å². The van der Waals surface area contributed by atoms with Gasteiger partial charge in [-0.25, -0.2) is 0 Å². The highest BCUT2D eigenvalue weighted by Crippen LogP contribution is 2.26. The number of halogens is 1. The number of rotatable bonds is 7. The predicted molar refractivity (Wildman–Crippen MR) is 85.6 cm³/mol. The van der Waals surface area contributed by atoms with Gasteiger partial charge >= 0.3 is 0 Å². The number of nitrogens with one attached hydrogen (secondary N) is 2. The van der Waals surface area contributed by atoms with Crippen LogP contribution in [0.5, 0.6) is 0 Å². The standard InChI is InChI=1S/C14H22N2OS.ClH/c1-4-15-9-10-16-14(17)12-7-5-6-8-13(12)18-11(2)3;/h5-8,11,15H,4,9-10H2,1-3H3,(H,16,17);1H. The Bertz CT molecular complexity index is 385. The monoisotopic (exact) mass is 302 g/mol. The van der Waals surface area contributed by atoms with Gasteiger partial charge in [-0.3, -0.25) is 4.79 Å². The molecule has 19 heavy (non-hydrogen) atoms. The molecule has 0 aliphatic rings. The van der Waals surface area contributed by atoms with Crippen LogP contribution in [0.2, 0.25) is 0 Å². The topological polar surface area (TPSA) is 41.1 Å². The van der Waals surface area contributed by atoms with Crippen LogP contribution >= 0.6 is 24.2 Å². The Kier molecular flexibility index (Phi) is 9.74. The lowest BCUT2D eigenvalue weighted by Gasteiger charge is -2.11.